The fourth-order valence-corrected chi connectivity index (χ4v) is 1.74. The van der Waals surface area contributed by atoms with Crippen molar-refractivity contribution in [3.05, 3.63) is 34.8 Å². The largest absolute Gasteiger partial charge is 0.312 e. The average molecular weight is 285 g/mol. The quantitative estimate of drug-likeness (QED) is 0.797. The standard InChI is InChI=1S/C11H10Cl2N4O/c1-7(18)16(2)9-6-17(15-11(9)13)8-3-4-10(12)14-5-8/h3-6H,1-2H3. The zero-order chi connectivity index (χ0) is 13.3. The van der Waals surface area contributed by atoms with Crippen molar-refractivity contribution >= 4 is 34.8 Å². The molecule has 5 nitrogen and oxygen atoms in total. The zero-order valence-corrected chi connectivity index (χ0v) is 11.3. The number of hydrogen-bond donors (Lipinski definition) is 0. The Morgan fingerprint density at radius 2 is 2.11 bits per heavy atom. The number of halogens is 2. The number of anilines is 1. The third-order valence-corrected chi connectivity index (χ3v) is 2.95. The second-order valence-corrected chi connectivity index (χ2v) is 4.41. The molecule has 2 aromatic heterocycles. The van der Waals surface area contributed by atoms with Gasteiger partial charge in [-0.05, 0) is 12.1 Å². The highest BCUT2D eigenvalue weighted by Gasteiger charge is 2.14. The predicted octanol–water partition coefficient (Wildman–Crippen LogP) is 2.56. The molecule has 18 heavy (non-hydrogen) atoms. The summed E-state index contributed by atoms with van der Waals surface area (Å²) in [6.07, 6.45) is 3.23. The van der Waals surface area contributed by atoms with Crippen molar-refractivity contribution in [2.75, 3.05) is 11.9 Å². The van der Waals surface area contributed by atoms with Crippen LogP contribution in [0.1, 0.15) is 6.92 Å². The molecule has 0 unspecified atom stereocenters. The van der Waals surface area contributed by atoms with Gasteiger partial charge in [-0.15, -0.1) is 0 Å². The summed E-state index contributed by atoms with van der Waals surface area (Å²) in [5, 5.41) is 4.77. The van der Waals surface area contributed by atoms with Crippen molar-refractivity contribution in [3.8, 4) is 5.69 Å². The van der Waals surface area contributed by atoms with Crippen LogP contribution in [-0.4, -0.2) is 27.7 Å². The number of carbonyl (C=O) groups excluding carboxylic acids is 1. The van der Waals surface area contributed by atoms with E-state index in [4.69, 9.17) is 23.2 Å². The van der Waals surface area contributed by atoms with Gasteiger partial charge in [0, 0.05) is 14.0 Å². The Morgan fingerprint density at radius 3 is 2.67 bits per heavy atom. The van der Waals surface area contributed by atoms with Gasteiger partial charge in [0.05, 0.1) is 18.1 Å². The summed E-state index contributed by atoms with van der Waals surface area (Å²) in [6.45, 7) is 1.46. The minimum Gasteiger partial charge on any atom is -0.312 e. The van der Waals surface area contributed by atoms with Gasteiger partial charge < -0.3 is 4.90 Å². The van der Waals surface area contributed by atoms with Crippen LogP contribution >= 0.6 is 23.2 Å². The van der Waals surface area contributed by atoms with Crippen molar-refractivity contribution in [3.63, 3.8) is 0 Å². The highest BCUT2D eigenvalue weighted by Crippen LogP contribution is 2.25. The normalized spacial score (nSPS) is 10.4. The fraction of sp³-hybridized carbons (Fsp3) is 0.182. The van der Waals surface area contributed by atoms with Crippen molar-refractivity contribution in [1.82, 2.24) is 14.8 Å². The summed E-state index contributed by atoms with van der Waals surface area (Å²) in [6, 6.07) is 3.41. The van der Waals surface area contributed by atoms with Gasteiger partial charge in [0.15, 0.2) is 5.15 Å². The molecule has 0 bridgehead atoms. The molecule has 0 atom stereocenters. The average Bonchev–Trinajstić information content (AvgIpc) is 2.71. The van der Waals surface area contributed by atoms with E-state index in [9.17, 15) is 4.79 Å². The number of amides is 1. The van der Waals surface area contributed by atoms with Crippen LogP contribution < -0.4 is 4.90 Å². The first-order valence-electron chi connectivity index (χ1n) is 5.10. The minimum atomic E-state index is -0.120. The number of nitrogens with zero attached hydrogens (tertiary/aromatic N) is 4. The van der Waals surface area contributed by atoms with Crippen molar-refractivity contribution in [2.45, 2.75) is 6.92 Å². The molecule has 0 radical (unpaired) electrons. The molecule has 0 spiro atoms. The van der Waals surface area contributed by atoms with Crippen LogP contribution in [0, 0.1) is 0 Å². The molecule has 0 fully saturated rings. The Kier molecular flexibility index (Phi) is 3.54. The maximum absolute atomic E-state index is 11.3. The Labute approximate surface area is 114 Å². The van der Waals surface area contributed by atoms with Gasteiger partial charge in [-0.1, -0.05) is 23.2 Å². The van der Waals surface area contributed by atoms with E-state index in [0.717, 1.165) is 0 Å². The minimum absolute atomic E-state index is 0.120. The van der Waals surface area contributed by atoms with Gasteiger partial charge in [0.1, 0.15) is 10.8 Å². The molecule has 2 rings (SSSR count). The molecule has 2 aromatic rings. The number of carbonyl (C=O) groups is 1. The van der Waals surface area contributed by atoms with E-state index in [-0.39, 0.29) is 11.1 Å². The molecule has 0 saturated heterocycles. The molecule has 94 valence electrons. The molecule has 0 saturated carbocycles. The molecule has 0 aliphatic heterocycles. The maximum Gasteiger partial charge on any atom is 0.223 e. The summed E-state index contributed by atoms with van der Waals surface area (Å²) in [4.78, 5) is 16.7. The summed E-state index contributed by atoms with van der Waals surface area (Å²) < 4.78 is 1.54. The Morgan fingerprint density at radius 1 is 1.39 bits per heavy atom. The van der Waals surface area contributed by atoms with Gasteiger partial charge in [0.2, 0.25) is 5.91 Å². The first-order valence-corrected chi connectivity index (χ1v) is 5.86. The lowest BCUT2D eigenvalue weighted by Crippen LogP contribution is -2.22. The van der Waals surface area contributed by atoms with Gasteiger partial charge >= 0.3 is 0 Å². The molecule has 0 aliphatic rings. The molecule has 0 N–H and O–H groups in total. The Balaban J connectivity index is 2.40. The summed E-state index contributed by atoms with van der Waals surface area (Å²) in [5.41, 5.74) is 1.25. The van der Waals surface area contributed by atoms with Gasteiger partial charge in [-0.2, -0.15) is 5.10 Å². The van der Waals surface area contributed by atoms with Gasteiger partial charge in [-0.3, -0.25) is 4.79 Å². The lowest BCUT2D eigenvalue weighted by atomic mass is 10.4. The lowest BCUT2D eigenvalue weighted by molar-refractivity contribution is -0.116. The lowest BCUT2D eigenvalue weighted by Gasteiger charge is -2.11. The van der Waals surface area contributed by atoms with Crippen LogP contribution in [0.25, 0.3) is 5.69 Å². The van der Waals surface area contributed by atoms with E-state index in [0.29, 0.717) is 16.5 Å². The first-order chi connectivity index (χ1) is 8.49. The summed E-state index contributed by atoms with van der Waals surface area (Å²) >= 11 is 11.7. The van der Waals surface area contributed by atoms with E-state index in [1.54, 1.807) is 36.3 Å². The van der Waals surface area contributed by atoms with Crippen LogP contribution in [0.4, 0.5) is 5.69 Å². The molecule has 0 aliphatic carbocycles. The Bertz CT molecular complexity index is 579. The number of aromatic nitrogens is 3. The first kappa shape index (κ1) is 12.9. The highest BCUT2D eigenvalue weighted by molar-refractivity contribution is 6.32. The maximum atomic E-state index is 11.3. The fourth-order valence-electron chi connectivity index (χ4n) is 1.37. The smallest absolute Gasteiger partial charge is 0.223 e. The van der Waals surface area contributed by atoms with E-state index in [1.165, 1.54) is 11.8 Å². The summed E-state index contributed by atoms with van der Waals surface area (Å²) in [7, 11) is 1.63. The molecular formula is C11H10Cl2N4O. The van der Waals surface area contributed by atoms with Crippen LogP contribution in [0.3, 0.4) is 0 Å². The van der Waals surface area contributed by atoms with Crippen LogP contribution in [0.2, 0.25) is 10.3 Å². The van der Waals surface area contributed by atoms with E-state index in [2.05, 4.69) is 10.1 Å². The summed E-state index contributed by atoms with van der Waals surface area (Å²) in [5.74, 6) is -0.120. The Hall–Kier alpha value is -1.59. The van der Waals surface area contributed by atoms with Crippen molar-refractivity contribution in [1.29, 1.82) is 0 Å². The van der Waals surface area contributed by atoms with E-state index < -0.39 is 0 Å². The van der Waals surface area contributed by atoms with Crippen LogP contribution in [0.5, 0.6) is 0 Å². The zero-order valence-electron chi connectivity index (χ0n) is 9.76. The molecule has 1 amide bonds. The second kappa shape index (κ2) is 4.96. The van der Waals surface area contributed by atoms with Crippen molar-refractivity contribution in [2.24, 2.45) is 0 Å². The molecule has 2 heterocycles. The topological polar surface area (TPSA) is 51.0 Å². The highest BCUT2D eigenvalue weighted by atomic mass is 35.5. The second-order valence-electron chi connectivity index (χ2n) is 3.67. The number of pyridine rings is 1. The van der Waals surface area contributed by atoms with Crippen LogP contribution in [-0.2, 0) is 4.79 Å². The molecule has 0 aromatic carbocycles. The predicted molar refractivity (Wildman–Crippen MR) is 70.5 cm³/mol. The third-order valence-electron chi connectivity index (χ3n) is 2.46. The third kappa shape index (κ3) is 2.47. The monoisotopic (exact) mass is 284 g/mol. The number of hydrogen-bond acceptors (Lipinski definition) is 3. The molecular weight excluding hydrogens is 275 g/mol. The van der Waals surface area contributed by atoms with Crippen LogP contribution in [0.15, 0.2) is 24.5 Å². The van der Waals surface area contributed by atoms with E-state index >= 15 is 0 Å². The molecule has 7 heteroatoms. The van der Waals surface area contributed by atoms with Gasteiger partial charge in [-0.25, -0.2) is 9.67 Å². The van der Waals surface area contributed by atoms with E-state index in [1.807, 2.05) is 0 Å². The van der Waals surface area contributed by atoms with Crippen molar-refractivity contribution < 1.29 is 4.79 Å². The SMILES string of the molecule is CC(=O)N(C)c1cn(-c2ccc(Cl)nc2)nc1Cl. The number of rotatable bonds is 2. The van der Waals surface area contributed by atoms with Gasteiger partial charge in [0.25, 0.3) is 0 Å².